The lowest BCUT2D eigenvalue weighted by Crippen LogP contribution is -1.97. The summed E-state index contributed by atoms with van der Waals surface area (Å²) in [7, 11) is 0. The van der Waals surface area contributed by atoms with E-state index in [1.165, 1.54) is 5.56 Å². The summed E-state index contributed by atoms with van der Waals surface area (Å²) in [4.78, 5) is 0.0919. The minimum Gasteiger partial charge on any atom is -0.493 e. The first-order valence-electron chi connectivity index (χ1n) is 6.22. The molecule has 1 unspecified atom stereocenters. The van der Waals surface area contributed by atoms with Crippen molar-refractivity contribution >= 4 is 31.9 Å². The molecule has 1 aliphatic heterocycles. The first-order chi connectivity index (χ1) is 9.06. The van der Waals surface area contributed by atoms with E-state index < -0.39 is 0 Å². The first kappa shape index (κ1) is 13.3. The van der Waals surface area contributed by atoms with Gasteiger partial charge in [-0.15, -0.1) is 0 Å². The smallest absolute Gasteiger partial charge is 0.127 e. The summed E-state index contributed by atoms with van der Waals surface area (Å²) in [5, 5.41) is 0. The monoisotopic (exact) mass is 384 g/mol. The van der Waals surface area contributed by atoms with Crippen LogP contribution in [0.1, 0.15) is 33.0 Å². The minimum absolute atomic E-state index is 0.0919. The molecule has 0 spiro atoms. The molecule has 0 saturated carbocycles. The van der Waals surface area contributed by atoms with Crippen LogP contribution in [0.2, 0.25) is 0 Å². The fraction of sp³-hybridized carbons (Fsp3) is 0.333. The maximum Gasteiger partial charge on any atom is 0.127 e. The predicted molar refractivity (Wildman–Crippen MR) is 82.3 cm³/mol. The zero-order chi connectivity index (χ0) is 13.6. The molecule has 2 nitrogen and oxygen atoms in total. The Morgan fingerprint density at radius 2 is 1.95 bits per heavy atom. The fourth-order valence-corrected chi connectivity index (χ4v) is 3.87. The van der Waals surface area contributed by atoms with Gasteiger partial charge in [-0.05, 0) is 37.6 Å². The third kappa shape index (κ3) is 2.36. The molecule has 1 atom stereocenters. The van der Waals surface area contributed by atoms with E-state index in [1.54, 1.807) is 0 Å². The van der Waals surface area contributed by atoms with Gasteiger partial charge in [0.2, 0.25) is 0 Å². The number of alkyl halides is 1. The minimum atomic E-state index is 0.0919. The lowest BCUT2D eigenvalue weighted by molar-refractivity contribution is 0.354. The van der Waals surface area contributed by atoms with Crippen molar-refractivity contribution in [1.29, 1.82) is 0 Å². The molecule has 19 heavy (non-hydrogen) atoms. The molecule has 0 fully saturated rings. The Bertz CT molecular complexity index is 631. The molecule has 1 aliphatic rings. The zero-order valence-corrected chi connectivity index (χ0v) is 14.0. The van der Waals surface area contributed by atoms with Crippen LogP contribution in [-0.2, 0) is 6.42 Å². The molecule has 2 aromatic rings. The van der Waals surface area contributed by atoms with E-state index in [4.69, 9.17) is 9.15 Å². The lowest BCUT2D eigenvalue weighted by Gasteiger charge is -2.14. The summed E-state index contributed by atoms with van der Waals surface area (Å²) in [5.74, 6) is 2.90. The van der Waals surface area contributed by atoms with Crippen LogP contribution >= 0.6 is 31.9 Å². The van der Waals surface area contributed by atoms with Crippen molar-refractivity contribution in [3.63, 3.8) is 0 Å². The van der Waals surface area contributed by atoms with E-state index in [1.807, 2.05) is 13.8 Å². The van der Waals surface area contributed by atoms with Gasteiger partial charge in [-0.2, -0.15) is 0 Å². The second kappa shape index (κ2) is 4.98. The number of hydrogen-bond acceptors (Lipinski definition) is 2. The van der Waals surface area contributed by atoms with Gasteiger partial charge in [0.15, 0.2) is 0 Å². The summed E-state index contributed by atoms with van der Waals surface area (Å²) in [6, 6.07) is 6.33. The molecule has 0 bridgehead atoms. The highest BCUT2D eigenvalue weighted by molar-refractivity contribution is 9.10. The number of benzene rings is 1. The molecule has 0 amide bonds. The van der Waals surface area contributed by atoms with E-state index in [2.05, 4.69) is 50.1 Å². The van der Waals surface area contributed by atoms with Crippen molar-refractivity contribution < 1.29 is 9.15 Å². The molecule has 1 aromatic carbocycles. The van der Waals surface area contributed by atoms with Gasteiger partial charge in [-0.3, -0.25) is 0 Å². The summed E-state index contributed by atoms with van der Waals surface area (Å²) < 4.78 is 12.5. The summed E-state index contributed by atoms with van der Waals surface area (Å²) in [5.41, 5.74) is 3.59. The molecule has 4 heteroatoms. The molecule has 0 aliphatic carbocycles. The van der Waals surface area contributed by atoms with Gasteiger partial charge in [0.05, 0.1) is 11.4 Å². The Kier molecular flexibility index (Phi) is 3.48. The van der Waals surface area contributed by atoms with Crippen LogP contribution in [0, 0.1) is 13.8 Å². The van der Waals surface area contributed by atoms with Crippen LogP contribution in [0.4, 0.5) is 0 Å². The largest absolute Gasteiger partial charge is 0.493 e. The van der Waals surface area contributed by atoms with Gasteiger partial charge in [0.1, 0.15) is 17.3 Å². The van der Waals surface area contributed by atoms with Crippen LogP contribution in [0.15, 0.2) is 27.1 Å². The molecular formula is C15H14Br2O2. The van der Waals surface area contributed by atoms with Gasteiger partial charge in [-0.25, -0.2) is 0 Å². The molecule has 1 aromatic heterocycles. The van der Waals surface area contributed by atoms with E-state index in [0.717, 1.165) is 45.9 Å². The van der Waals surface area contributed by atoms with E-state index in [-0.39, 0.29) is 4.83 Å². The Balaban J connectivity index is 2.09. The molecular weight excluding hydrogens is 372 g/mol. The third-order valence-corrected chi connectivity index (χ3v) is 4.85. The zero-order valence-electron chi connectivity index (χ0n) is 10.8. The van der Waals surface area contributed by atoms with Crippen molar-refractivity contribution in [2.75, 3.05) is 6.61 Å². The number of halogens is 2. The van der Waals surface area contributed by atoms with Gasteiger partial charge in [0, 0.05) is 22.0 Å². The maximum absolute atomic E-state index is 5.79. The molecule has 0 radical (unpaired) electrons. The van der Waals surface area contributed by atoms with Crippen LogP contribution in [-0.4, -0.2) is 6.61 Å². The fourth-order valence-electron chi connectivity index (χ4n) is 2.56. The van der Waals surface area contributed by atoms with E-state index >= 15 is 0 Å². The quantitative estimate of drug-likeness (QED) is 0.672. The van der Waals surface area contributed by atoms with Crippen LogP contribution < -0.4 is 4.74 Å². The Hall–Kier alpha value is -0.740. The molecule has 100 valence electrons. The number of fused-ring (bicyclic) bond motifs is 1. The SMILES string of the molecule is Cc1cc(C(Br)c2cc(Br)cc3c2OCC3)c(C)o1. The van der Waals surface area contributed by atoms with E-state index in [9.17, 15) is 0 Å². The highest BCUT2D eigenvalue weighted by atomic mass is 79.9. The lowest BCUT2D eigenvalue weighted by atomic mass is 10.0. The van der Waals surface area contributed by atoms with Crippen molar-refractivity contribution in [2.24, 2.45) is 0 Å². The second-order valence-corrected chi connectivity index (χ2v) is 6.64. The third-order valence-electron chi connectivity index (χ3n) is 3.40. The maximum atomic E-state index is 5.79. The normalized spacial score (nSPS) is 15.2. The number of hydrogen-bond donors (Lipinski definition) is 0. The van der Waals surface area contributed by atoms with Crippen molar-refractivity contribution in [3.05, 3.63) is 50.9 Å². The average Bonchev–Trinajstić information content (AvgIpc) is 2.93. The molecule has 0 saturated heterocycles. The Morgan fingerprint density at radius 3 is 2.63 bits per heavy atom. The van der Waals surface area contributed by atoms with Gasteiger partial charge in [-0.1, -0.05) is 31.9 Å². The summed E-state index contributed by atoms with van der Waals surface area (Å²) in [6.07, 6.45) is 0.977. The van der Waals surface area contributed by atoms with Crippen LogP contribution in [0.3, 0.4) is 0 Å². The highest BCUT2D eigenvalue weighted by Gasteiger charge is 2.25. The molecule has 3 rings (SSSR count). The highest BCUT2D eigenvalue weighted by Crippen LogP contribution is 2.43. The molecule has 0 N–H and O–H groups in total. The van der Waals surface area contributed by atoms with Gasteiger partial charge >= 0.3 is 0 Å². The Morgan fingerprint density at radius 1 is 1.16 bits per heavy atom. The number of aryl methyl sites for hydroxylation is 2. The number of furan rings is 1. The topological polar surface area (TPSA) is 22.4 Å². The van der Waals surface area contributed by atoms with E-state index in [0.29, 0.717) is 0 Å². The summed E-state index contributed by atoms with van der Waals surface area (Å²) in [6.45, 7) is 4.73. The van der Waals surface area contributed by atoms with Gasteiger partial charge in [0.25, 0.3) is 0 Å². The Labute approximate surface area is 129 Å². The van der Waals surface area contributed by atoms with Gasteiger partial charge < -0.3 is 9.15 Å². The average molecular weight is 386 g/mol. The predicted octanol–water partition coefficient (Wildman–Crippen LogP) is 5.08. The second-order valence-electron chi connectivity index (χ2n) is 4.81. The van der Waals surface area contributed by atoms with Crippen LogP contribution in [0.5, 0.6) is 5.75 Å². The van der Waals surface area contributed by atoms with Crippen molar-refractivity contribution in [3.8, 4) is 5.75 Å². The van der Waals surface area contributed by atoms with Crippen molar-refractivity contribution in [2.45, 2.75) is 25.1 Å². The van der Waals surface area contributed by atoms with Crippen molar-refractivity contribution in [1.82, 2.24) is 0 Å². The standard InChI is InChI=1S/C15H14Br2O2/c1-8-5-12(9(2)19-8)14(17)13-7-11(16)6-10-3-4-18-15(10)13/h5-7,14H,3-4H2,1-2H3. The number of rotatable bonds is 2. The first-order valence-corrected chi connectivity index (χ1v) is 7.93. The van der Waals surface area contributed by atoms with Crippen LogP contribution in [0.25, 0.3) is 0 Å². The number of ether oxygens (including phenoxy) is 1. The summed E-state index contributed by atoms with van der Waals surface area (Å²) >= 11 is 7.37. The molecule has 2 heterocycles.